The van der Waals surface area contributed by atoms with Gasteiger partial charge in [0.15, 0.2) is 0 Å². The molecule has 1 aromatic heterocycles. The van der Waals surface area contributed by atoms with E-state index in [2.05, 4.69) is 17.5 Å². The molecule has 0 unspecified atom stereocenters. The number of nitrogens with zero attached hydrogens (tertiary/aromatic N) is 1. The minimum absolute atomic E-state index is 0.841. The molecule has 0 saturated carbocycles. The second-order valence-electron chi connectivity index (χ2n) is 3.76. The Balaban J connectivity index is 0.000000246. The van der Waals surface area contributed by atoms with Crippen molar-refractivity contribution >= 4 is 22.9 Å². The van der Waals surface area contributed by atoms with Gasteiger partial charge in [-0.15, -0.1) is 11.3 Å². The largest absolute Gasteiger partial charge is 0.490 e. The quantitative estimate of drug-likeness (QED) is 0.836. The van der Waals surface area contributed by atoms with Gasteiger partial charge in [0, 0.05) is 12.1 Å². The first-order valence-electron chi connectivity index (χ1n) is 5.54. The molecule has 1 aliphatic rings. The molecule has 1 aliphatic heterocycles. The normalized spacial score (nSPS) is 14.6. The van der Waals surface area contributed by atoms with Gasteiger partial charge in [-0.2, -0.15) is 18.4 Å². The summed E-state index contributed by atoms with van der Waals surface area (Å²) in [7, 11) is 0. The van der Waals surface area contributed by atoms with Crippen molar-refractivity contribution in [2.24, 2.45) is 0 Å². The second-order valence-corrected chi connectivity index (χ2v) is 4.68. The number of alkyl halides is 3. The average molecular weight is 304 g/mol. The summed E-state index contributed by atoms with van der Waals surface area (Å²) in [6.45, 7) is 1.95. The number of aliphatic carboxylic acids is 1. The molecule has 0 aliphatic carbocycles. The maximum Gasteiger partial charge on any atom is 0.490 e. The molecule has 4 nitrogen and oxygen atoms in total. The maximum atomic E-state index is 10.6. The number of hydrogen-bond donors (Lipinski definition) is 2. The van der Waals surface area contributed by atoms with Crippen LogP contribution in [0.4, 0.5) is 13.2 Å². The summed E-state index contributed by atoms with van der Waals surface area (Å²) in [5.74, 6) is -2.76. The van der Waals surface area contributed by atoms with E-state index in [1.54, 1.807) is 0 Å². The summed E-state index contributed by atoms with van der Waals surface area (Å²) in [6.07, 6.45) is -1.88. The topological polar surface area (TPSA) is 73.1 Å². The zero-order valence-electron chi connectivity index (χ0n) is 10.2. The minimum Gasteiger partial charge on any atom is -0.475 e. The van der Waals surface area contributed by atoms with Gasteiger partial charge >= 0.3 is 12.1 Å². The van der Waals surface area contributed by atoms with Crippen molar-refractivity contribution in [2.45, 2.75) is 12.6 Å². The zero-order chi connectivity index (χ0) is 15.2. The van der Waals surface area contributed by atoms with E-state index in [9.17, 15) is 13.2 Å². The molecule has 20 heavy (non-hydrogen) atoms. The summed E-state index contributed by atoms with van der Waals surface area (Å²) in [4.78, 5) is 9.74. The van der Waals surface area contributed by atoms with Crippen LogP contribution < -0.4 is 5.32 Å². The fourth-order valence-corrected chi connectivity index (χ4v) is 2.23. The van der Waals surface area contributed by atoms with Gasteiger partial charge in [0.1, 0.15) is 10.9 Å². The smallest absolute Gasteiger partial charge is 0.475 e. The number of halogens is 3. The van der Waals surface area contributed by atoms with E-state index in [4.69, 9.17) is 15.2 Å². The summed E-state index contributed by atoms with van der Waals surface area (Å²) in [5, 5.41) is 21.2. The number of thiophene rings is 1. The first-order valence-corrected chi connectivity index (χ1v) is 6.42. The lowest BCUT2D eigenvalue weighted by atomic mass is 10.0. The lowest BCUT2D eigenvalue weighted by Gasteiger charge is -2.12. The third-order valence-electron chi connectivity index (χ3n) is 2.42. The van der Waals surface area contributed by atoms with E-state index >= 15 is 0 Å². The molecule has 0 atom stereocenters. The number of carboxylic acids is 1. The molecule has 0 radical (unpaired) electrons. The maximum absolute atomic E-state index is 10.6. The van der Waals surface area contributed by atoms with Gasteiger partial charge in [-0.3, -0.25) is 0 Å². The van der Waals surface area contributed by atoms with E-state index in [-0.39, 0.29) is 0 Å². The minimum atomic E-state index is -5.08. The number of hydrogen-bond acceptors (Lipinski definition) is 4. The van der Waals surface area contributed by atoms with Gasteiger partial charge in [-0.25, -0.2) is 4.79 Å². The zero-order valence-corrected chi connectivity index (χ0v) is 11.0. The van der Waals surface area contributed by atoms with Crippen molar-refractivity contribution < 1.29 is 23.1 Å². The van der Waals surface area contributed by atoms with E-state index in [0.717, 1.165) is 30.0 Å². The fourth-order valence-electron chi connectivity index (χ4n) is 1.52. The molecule has 108 valence electrons. The molecule has 2 N–H and O–H groups in total. The number of nitriles is 1. The Morgan fingerprint density at radius 2 is 2.15 bits per heavy atom. The fraction of sp³-hybridized carbons (Fsp3) is 0.333. The first kappa shape index (κ1) is 16.2. The summed E-state index contributed by atoms with van der Waals surface area (Å²) < 4.78 is 31.7. The molecule has 0 spiro atoms. The molecular weight excluding hydrogens is 293 g/mol. The highest BCUT2D eigenvalue weighted by Gasteiger charge is 2.38. The lowest BCUT2D eigenvalue weighted by molar-refractivity contribution is -0.192. The molecule has 2 heterocycles. The average Bonchev–Trinajstić information content (AvgIpc) is 2.87. The van der Waals surface area contributed by atoms with Crippen molar-refractivity contribution in [3.8, 4) is 6.07 Å². The van der Waals surface area contributed by atoms with Crippen LogP contribution in [0.5, 0.6) is 0 Å². The molecule has 0 saturated heterocycles. The first-order chi connectivity index (χ1) is 9.36. The lowest BCUT2D eigenvalue weighted by Crippen LogP contribution is -2.21. The van der Waals surface area contributed by atoms with E-state index in [1.807, 2.05) is 11.4 Å². The van der Waals surface area contributed by atoms with Crippen LogP contribution in [0, 0.1) is 11.3 Å². The van der Waals surface area contributed by atoms with Crippen LogP contribution in [0.3, 0.4) is 0 Å². The summed E-state index contributed by atoms with van der Waals surface area (Å²) >= 11 is 1.52. The SMILES string of the molecule is N#Cc1sccc1C1=CCNCC1.O=C(O)C(F)(F)F. The van der Waals surface area contributed by atoms with Gasteiger partial charge in [-0.05, 0) is 30.0 Å². The number of carbonyl (C=O) groups is 1. The Labute approximate surface area is 117 Å². The number of carboxylic acid groups (broad SMARTS) is 1. The van der Waals surface area contributed by atoms with Gasteiger partial charge in [0.05, 0.1) is 0 Å². The Hall–Kier alpha value is -1.85. The van der Waals surface area contributed by atoms with Crippen molar-refractivity contribution in [2.75, 3.05) is 13.1 Å². The molecule has 2 rings (SSSR count). The Kier molecular flexibility index (Phi) is 5.73. The molecule has 0 aromatic carbocycles. The Morgan fingerprint density at radius 1 is 1.50 bits per heavy atom. The number of rotatable bonds is 1. The van der Waals surface area contributed by atoms with E-state index in [0.29, 0.717) is 0 Å². The summed E-state index contributed by atoms with van der Waals surface area (Å²) in [6, 6.07) is 4.27. The van der Waals surface area contributed by atoms with Crippen LogP contribution in [-0.4, -0.2) is 30.3 Å². The molecule has 8 heteroatoms. The second kappa shape index (κ2) is 7.07. The third kappa shape index (κ3) is 4.68. The van der Waals surface area contributed by atoms with Gasteiger partial charge < -0.3 is 10.4 Å². The molecular formula is C12H11F3N2O2S. The molecule has 0 amide bonds. The van der Waals surface area contributed by atoms with Gasteiger partial charge in [0.2, 0.25) is 0 Å². The summed E-state index contributed by atoms with van der Waals surface area (Å²) in [5.41, 5.74) is 2.45. The predicted octanol–water partition coefficient (Wildman–Crippen LogP) is 2.63. The molecule has 1 aromatic rings. The van der Waals surface area contributed by atoms with Crippen LogP contribution in [0.25, 0.3) is 5.57 Å². The Morgan fingerprint density at radius 3 is 2.60 bits per heavy atom. The highest BCUT2D eigenvalue weighted by Crippen LogP contribution is 2.26. The Bertz CT molecular complexity index is 544. The molecule has 0 bridgehead atoms. The highest BCUT2D eigenvalue weighted by molar-refractivity contribution is 7.10. The van der Waals surface area contributed by atoms with Crippen molar-refractivity contribution in [3.05, 3.63) is 28.0 Å². The van der Waals surface area contributed by atoms with E-state index < -0.39 is 12.1 Å². The standard InChI is InChI=1S/C10H10N2S.C2HF3O2/c11-7-10-9(3-6-13-10)8-1-4-12-5-2-8;3-2(4,5)1(6)7/h1,3,6,12H,2,4-5H2;(H,6,7). The number of nitrogens with one attached hydrogen (secondary N) is 1. The van der Waals surface area contributed by atoms with Crippen LogP contribution in [0.15, 0.2) is 17.5 Å². The predicted molar refractivity (Wildman–Crippen MR) is 68.2 cm³/mol. The molecule has 0 fully saturated rings. The van der Waals surface area contributed by atoms with Crippen molar-refractivity contribution in [1.29, 1.82) is 5.26 Å². The van der Waals surface area contributed by atoms with Crippen LogP contribution in [0.2, 0.25) is 0 Å². The van der Waals surface area contributed by atoms with Crippen LogP contribution >= 0.6 is 11.3 Å². The van der Waals surface area contributed by atoms with Gasteiger partial charge in [-0.1, -0.05) is 6.08 Å². The highest BCUT2D eigenvalue weighted by atomic mass is 32.1. The third-order valence-corrected chi connectivity index (χ3v) is 3.24. The monoisotopic (exact) mass is 304 g/mol. The van der Waals surface area contributed by atoms with Crippen LogP contribution in [-0.2, 0) is 4.79 Å². The van der Waals surface area contributed by atoms with E-state index in [1.165, 1.54) is 16.9 Å². The van der Waals surface area contributed by atoms with Crippen molar-refractivity contribution in [1.82, 2.24) is 5.32 Å². The van der Waals surface area contributed by atoms with Crippen LogP contribution in [0.1, 0.15) is 16.9 Å². The van der Waals surface area contributed by atoms with Gasteiger partial charge in [0.25, 0.3) is 0 Å². The van der Waals surface area contributed by atoms with Crippen molar-refractivity contribution in [3.63, 3.8) is 0 Å².